The van der Waals surface area contributed by atoms with Gasteiger partial charge in [-0.25, -0.2) is 4.68 Å². The van der Waals surface area contributed by atoms with Crippen molar-refractivity contribution in [1.82, 2.24) is 9.78 Å². The van der Waals surface area contributed by atoms with Crippen LogP contribution in [-0.2, 0) is 0 Å². The van der Waals surface area contributed by atoms with Crippen LogP contribution in [0.2, 0.25) is 5.02 Å². The standard InChI is InChI=1S/C20H18ClN3O3/c1-13-6-7-22-24(13)16-5-2-4-15(12-16)23-20(25)14-10-17(21)19-18(11-14)26-8-3-9-27-19/h2,4-7,10-12H,3,8-9H2,1H3,(H,23,25). The number of fused-ring (bicyclic) bond motifs is 1. The molecule has 1 aliphatic heterocycles. The van der Waals surface area contributed by atoms with Gasteiger partial charge in [0, 0.05) is 29.6 Å². The Morgan fingerprint density at radius 1 is 1.19 bits per heavy atom. The van der Waals surface area contributed by atoms with Crippen LogP contribution < -0.4 is 14.8 Å². The van der Waals surface area contributed by atoms with Crippen LogP contribution >= 0.6 is 11.6 Å². The Bertz CT molecular complexity index is 1000. The number of carbonyl (C=O) groups excluding carboxylic acids is 1. The molecule has 7 heteroatoms. The molecule has 1 N–H and O–H groups in total. The smallest absolute Gasteiger partial charge is 0.255 e. The van der Waals surface area contributed by atoms with E-state index in [1.54, 1.807) is 23.0 Å². The number of carbonyl (C=O) groups is 1. The summed E-state index contributed by atoms with van der Waals surface area (Å²) in [4.78, 5) is 12.7. The Kier molecular flexibility index (Phi) is 4.73. The van der Waals surface area contributed by atoms with Crippen LogP contribution in [-0.4, -0.2) is 28.9 Å². The number of anilines is 1. The van der Waals surface area contributed by atoms with Crippen LogP contribution in [0.3, 0.4) is 0 Å². The lowest BCUT2D eigenvalue weighted by atomic mass is 10.1. The molecule has 0 radical (unpaired) electrons. The molecule has 27 heavy (non-hydrogen) atoms. The van der Waals surface area contributed by atoms with Crippen molar-refractivity contribution in [3.63, 3.8) is 0 Å². The van der Waals surface area contributed by atoms with E-state index in [0.29, 0.717) is 41.0 Å². The lowest BCUT2D eigenvalue weighted by Crippen LogP contribution is -2.13. The van der Waals surface area contributed by atoms with E-state index in [1.807, 2.05) is 37.3 Å². The summed E-state index contributed by atoms with van der Waals surface area (Å²) in [5, 5.41) is 7.55. The Labute approximate surface area is 161 Å². The molecule has 6 nitrogen and oxygen atoms in total. The molecule has 0 saturated heterocycles. The second kappa shape index (κ2) is 7.32. The fourth-order valence-corrected chi connectivity index (χ4v) is 3.19. The number of aryl methyl sites for hydroxylation is 1. The van der Waals surface area contributed by atoms with E-state index < -0.39 is 0 Å². The van der Waals surface area contributed by atoms with Crippen LogP contribution in [0.1, 0.15) is 22.5 Å². The molecule has 0 bridgehead atoms. The third kappa shape index (κ3) is 3.61. The van der Waals surface area contributed by atoms with Gasteiger partial charge in [0.1, 0.15) is 0 Å². The van der Waals surface area contributed by atoms with E-state index >= 15 is 0 Å². The maximum Gasteiger partial charge on any atom is 0.255 e. The minimum absolute atomic E-state index is 0.276. The summed E-state index contributed by atoms with van der Waals surface area (Å²) in [5.41, 5.74) is 2.95. The molecule has 0 atom stereocenters. The quantitative estimate of drug-likeness (QED) is 0.734. The molecule has 2 heterocycles. The Morgan fingerprint density at radius 3 is 2.85 bits per heavy atom. The molecular formula is C20H18ClN3O3. The molecular weight excluding hydrogens is 366 g/mol. The van der Waals surface area contributed by atoms with Crippen LogP contribution in [0.25, 0.3) is 5.69 Å². The van der Waals surface area contributed by atoms with Crippen LogP contribution in [0, 0.1) is 6.92 Å². The zero-order valence-corrected chi connectivity index (χ0v) is 15.5. The average molecular weight is 384 g/mol. The maximum atomic E-state index is 12.7. The largest absolute Gasteiger partial charge is 0.489 e. The molecule has 0 saturated carbocycles. The van der Waals surface area contributed by atoms with Gasteiger partial charge in [-0.15, -0.1) is 0 Å². The number of ether oxygens (including phenoxy) is 2. The second-order valence-corrected chi connectivity index (χ2v) is 6.63. The normalized spacial score (nSPS) is 13.1. The molecule has 4 rings (SSSR count). The SMILES string of the molecule is Cc1ccnn1-c1cccc(NC(=O)c2cc(Cl)c3c(c2)OCCCO3)c1. The van der Waals surface area contributed by atoms with Gasteiger partial charge in [0.2, 0.25) is 0 Å². The van der Waals surface area contributed by atoms with E-state index in [4.69, 9.17) is 21.1 Å². The van der Waals surface area contributed by atoms with Crippen LogP contribution in [0.5, 0.6) is 11.5 Å². The van der Waals surface area contributed by atoms with Crippen molar-refractivity contribution < 1.29 is 14.3 Å². The highest BCUT2D eigenvalue weighted by atomic mass is 35.5. The fraction of sp³-hybridized carbons (Fsp3) is 0.200. The molecule has 1 amide bonds. The molecule has 0 unspecified atom stereocenters. The third-order valence-corrected chi connectivity index (χ3v) is 4.53. The Morgan fingerprint density at radius 2 is 2.04 bits per heavy atom. The van der Waals surface area contributed by atoms with Gasteiger partial charge in [-0.05, 0) is 43.3 Å². The monoisotopic (exact) mass is 383 g/mol. The second-order valence-electron chi connectivity index (χ2n) is 6.22. The number of aromatic nitrogens is 2. The first-order chi connectivity index (χ1) is 13.1. The number of nitrogens with zero attached hydrogens (tertiary/aromatic N) is 2. The molecule has 0 spiro atoms. The summed E-state index contributed by atoms with van der Waals surface area (Å²) >= 11 is 6.28. The maximum absolute atomic E-state index is 12.7. The van der Waals surface area contributed by atoms with Crippen molar-refractivity contribution in [2.24, 2.45) is 0 Å². The molecule has 0 fully saturated rings. The number of rotatable bonds is 3. The van der Waals surface area contributed by atoms with Gasteiger partial charge < -0.3 is 14.8 Å². The first-order valence-electron chi connectivity index (χ1n) is 8.63. The predicted octanol–water partition coefficient (Wildman–Crippen LogP) is 4.25. The summed E-state index contributed by atoms with van der Waals surface area (Å²) < 4.78 is 13.1. The highest BCUT2D eigenvalue weighted by Crippen LogP contribution is 2.38. The van der Waals surface area contributed by atoms with Crippen LogP contribution in [0.4, 0.5) is 5.69 Å². The molecule has 0 aliphatic carbocycles. The molecule has 3 aromatic rings. The first kappa shape index (κ1) is 17.4. The summed E-state index contributed by atoms with van der Waals surface area (Å²) in [6.45, 7) is 3.04. The molecule has 1 aromatic heterocycles. The van der Waals surface area contributed by atoms with E-state index in [9.17, 15) is 4.79 Å². The third-order valence-electron chi connectivity index (χ3n) is 4.24. The minimum Gasteiger partial charge on any atom is -0.489 e. The average Bonchev–Trinajstić information content (AvgIpc) is 2.94. The van der Waals surface area contributed by atoms with Crippen molar-refractivity contribution in [2.45, 2.75) is 13.3 Å². The van der Waals surface area contributed by atoms with E-state index in [1.165, 1.54) is 0 Å². The zero-order valence-electron chi connectivity index (χ0n) is 14.7. The molecule has 2 aromatic carbocycles. The van der Waals surface area contributed by atoms with Gasteiger partial charge in [-0.3, -0.25) is 4.79 Å². The Hall–Kier alpha value is -2.99. The van der Waals surface area contributed by atoms with Crippen LogP contribution in [0.15, 0.2) is 48.7 Å². The number of hydrogen-bond donors (Lipinski definition) is 1. The van der Waals surface area contributed by atoms with Crippen molar-refractivity contribution in [2.75, 3.05) is 18.5 Å². The Balaban J connectivity index is 1.59. The zero-order chi connectivity index (χ0) is 18.8. The topological polar surface area (TPSA) is 65.4 Å². The number of nitrogens with one attached hydrogen (secondary N) is 1. The predicted molar refractivity (Wildman–Crippen MR) is 103 cm³/mol. The van der Waals surface area contributed by atoms with Gasteiger partial charge in [-0.2, -0.15) is 5.10 Å². The van der Waals surface area contributed by atoms with Gasteiger partial charge >= 0.3 is 0 Å². The summed E-state index contributed by atoms with van der Waals surface area (Å²) in [5.74, 6) is 0.704. The van der Waals surface area contributed by atoms with Gasteiger partial charge in [0.15, 0.2) is 11.5 Å². The van der Waals surface area contributed by atoms with Gasteiger partial charge in [0.25, 0.3) is 5.91 Å². The van der Waals surface area contributed by atoms with Crippen molar-refractivity contribution >= 4 is 23.2 Å². The number of hydrogen-bond acceptors (Lipinski definition) is 4. The lowest BCUT2D eigenvalue weighted by Gasteiger charge is -2.12. The first-order valence-corrected chi connectivity index (χ1v) is 9.01. The number of halogens is 1. The fourth-order valence-electron chi connectivity index (χ4n) is 2.92. The highest BCUT2D eigenvalue weighted by molar-refractivity contribution is 6.32. The molecule has 138 valence electrons. The van der Waals surface area contributed by atoms with E-state index in [-0.39, 0.29) is 5.91 Å². The summed E-state index contributed by atoms with van der Waals surface area (Å²) in [6.07, 6.45) is 2.51. The summed E-state index contributed by atoms with van der Waals surface area (Å²) in [6, 6.07) is 12.7. The number of amides is 1. The van der Waals surface area contributed by atoms with Gasteiger partial charge in [-0.1, -0.05) is 17.7 Å². The van der Waals surface area contributed by atoms with Crippen molar-refractivity contribution in [3.8, 4) is 17.2 Å². The van der Waals surface area contributed by atoms with E-state index in [2.05, 4.69) is 10.4 Å². The van der Waals surface area contributed by atoms with Crippen molar-refractivity contribution in [3.05, 3.63) is 64.9 Å². The summed E-state index contributed by atoms with van der Waals surface area (Å²) in [7, 11) is 0. The minimum atomic E-state index is -0.276. The highest BCUT2D eigenvalue weighted by Gasteiger charge is 2.18. The van der Waals surface area contributed by atoms with Crippen molar-refractivity contribution in [1.29, 1.82) is 0 Å². The van der Waals surface area contributed by atoms with E-state index in [0.717, 1.165) is 17.8 Å². The lowest BCUT2D eigenvalue weighted by molar-refractivity contribution is 0.102. The number of benzene rings is 2. The van der Waals surface area contributed by atoms with Gasteiger partial charge in [0.05, 0.1) is 23.9 Å². The molecule has 1 aliphatic rings.